The van der Waals surface area contributed by atoms with Crippen LogP contribution in [0.1, 0.15) is 48.3 Å². The molecule has 1 N–H and O–H groups in total. The molecule has 0 radical (unpaired) electrons. The molecule has 2 fully saturated rings. The van der Waals surface area contributed by atoms with Crippen LogP contribution in [-0.2, 0) is 4.79 Å². The molecular formula is C15H21NOS. The van der Waals surface area contributed by atoms with E-state index in [1.165, 1.54) is 29.0 Å². The second-order valence-corrected chi connectivity index (χ2v) is 7.24. The molecule has 0 bridgehead atoms. The number of carbonyl (C=O) groups is 1. The van der Waals surface area contributed by atoms with Gasteiger partial charge in [0.1, 0.15) is 0 Å². The summed E-state index contributed by atoms with van der Waals surface area (Å²) < 4.78 is 0. The van der Waals surface area contributed by atoms with Crippen molar-refractivity contribution in [2.24, 2.45) is 11.8 Å². The average molecular weight is 263 g/mol. The Morgan fingerprint density at radius 3 is 2.83 bits per heavy atom. The topological polar surface area (TPSA) is 29.1 Å². The van der Waals surface area contributed by atoms with Crippen molar-refractivity contribution in [2.45, 2.75) is 51.5 Å². The van der Waals surface area contributed by atoms with E-state index in [9.17, 15) is 4.79 Å². The molecule has 0 unspecified atom stereocenters. The van der Waals surface area contributed by atoms with Crippen LogP contribution in [0.15, 0.2) is 12.1 Å². The minimum Gasteiger partial charge on any atom is -0.353 e. The summed E-state index contributed by atoms with van der Waals surface area (Å²) in [7, 11) is 0. The largest absolute Gasteiger partial charge is 0.353 e. The third-order valence-corrected chi connectivity index (χ3v) is 5.58. The van der Waals surface area contributed by atoms with Crippen molar-refractivity contribution in [3.8, 4) is 0 Å². The fraction of sp³-hybridized carbons (Fsp3) is 0.667. The van der Waals surface area contributed by atoms with E-state index in [0.717, 1.165) is 6.42 Å². The van der Waals surface area contributed by atoms with E-state index >= 15 is 0 Å². The summed E-state index contributed by atoms with van der Waals surface area (Å²) in [6, 6.07) is 4.78. The van der Waals surface area contributed by atoms with Gasteiger partial charge in [0.25, 0.3) is 0 Å². The maximum absolute atomic E-state index is 12.2. The second kappa shape index (κ2) is 4.69. The van der Waals surface area contributed by atoms with Crippen molar-refractivity contribution < 1.29 is 4.79 Å². The van der Waals surface area contributed by atoms with Gasteiger partial charge in [0.15, 0.2) is 0 Å². The summed E-state index contributed by atoms with van der Waals surface area (Å²) >= 11 is 1.84. The molecule has 18 heavy (non-hydrogen) atoms. The minimum atomic E-state index is 0.246. The predicted molar refractivity (Wildman–Crippen MR) is 74.8 cm³/mol. The van der Waals surface area contributed by atoms with Crippen LogP contribution in [0.4, 0.5) is 0 Å². The smallest absolute Gasteiger partial charge is 0.224 e. The van der Waals surface area contributed by atoms with E-state index in [2.05, 4.69) is 31.3 Å². The van der Waals surface area contributed by atoms with Gasteiger partial charge in [0.2, 0.25) is 5.91 Å². The lowest BCUT2D eigenvalue weighted by Crippen LogP contribution is -2.37. The van der Waals surface area contributed by atoms with Crippen LogP contribution >= 0.6 is 11.3 Å². The number of hydrogen-bond acceptors (Lipinski definition) is 2. The number of rotatable bonds is 3. The highest BCUT2D eigenvalue weighted by molar-refractivity contribution is 7.12. The third-order valence-electron chi connectivity index (χ3n) is 4.44. The van der Waals surface area contributed by atoms with Crippen molar-refractivity contribution in [2.75, 3.05) is 0 Å². The molecule has 3 rings (SSSR count). The van der Waals surface area contributed by atoms with Gasteiger partial charge in [0.05, 0.1) is 0 Å². The van der Waals surface area contributed by atoms with E-state index in [0.29, 0.717) is 23.8 Å². The standard InChI is InChI=1S/C15H21NOS/c1-9-4-3-5-13(9)16-15(17)12-8-11(12)14-7-6-10(2)18-14/h6-7,9,11-13H,3-5,8H2,1-2H3,(H,16,17)/t9-,11-,12+,13+/m1/s1. The summed E-state index contributed by atoms with van der Waals surface area (Å²) in [6.45, 7) is 4.39. The van der Waals surface area contributed by atoms with E-state index in [-0.39, 0.29) is 5.92 Å². The number of thiophene rings is 1. The van der Waals surface area contributed by atoms with E-state index in [1.54, 1.807) is 0 Å². The molecule has 2 aliphatic rings. The van der Waals surface area contributed by atoms with E-state index in [1.807, 2.05) is 11.3 Å². The first-order valence-corrected chi connectivity index (χ1v) is 7.83. The number of hydrogen-bond donors (Lipinski definition) is 1. The highest BCUT2D eigenvalue weighted by atomic mass is 32.1. The van der Waals surface area contributed by atoms with Crippen LogP contribution in [0.5, 0.6) is 0 Å². The molecule has 0 aromatic carbocycles. The number of nitrogens with one attached hydrogen (secondary N) is 1. The summed E-state index contributed by atoms with van der Waals surface area (Å²) in [5.41, 5.74) is 0. The minimum absolute atomic E-state index is 0.246. The molecule has 0 aliphatic heterocycles. The Kier molecular flexibility index (Phi) is 3.18. The monoisotopic (exact) mass is 263 g/mol. The lowest BCUT2D eigenvalue weighted by Gasteiger charge is -2.17. The highest BCUT2D eigenvalue weighted by Crippen LogP contribution is 2.49. The Hall–Kier alpha value is -0.830. The van der Waals surface area contributed by atoms with Gasteiger partial charge in [-0.1, -0.05) is 13.3 Å². The predicted octanol–water partition coefficient (Wildman–Crippen LogP) is 3.46. The highest BCUT2D eigenvalue weighted by Gasteiger charge is 2.45. The first-order chi connectivity index (χ1) is 8.65. The van der Waals surface area contributed by atoms with E-state index < -0.39 is 0 Å². The molecule has 3 heteroatoms. The van der Waals surface area contributed by atoms with Gasteiger partial charge in [-0.15, -0.1) is 11.3 Å². The van der Waals surface area contributed by atoms with Crippen LogP contribution in [0.2, 0.25) is 0 Å². The maximum Gasteiger partial charge on any atom is 0.224 e. The normalized spacial score (nSPS) is 34.6. The van der Waals surface area contributed by atoms with Crippen LogP contribution in [0.25, 0.3) is 0 Å². The Morgan fingerprint density at radius 2 is 2.22 bits per heavy atom. The quantitative estimate of drug-likeness (QED) is 0.889. The molecule has 0 saturated heterocycles. The summed E-state index contributed by atoms with van der Waals surface area (Å²) in [6.07, 6.45) is 4.75. The number of carbonyl (C=O) groups excluding carboxylic acids is 1. The van der Waals surface area contributed by atoms with Crippen molar-refractivity contribution >= 4 is 17.2 Å². The average Bonchev–Trinajstić information content (AvgIpc) is 2.88. The summed E-state index contributed by atoms with van der Waals surface area (Å²) in [5, 5.41) is 3.26. The molecule has 98 valence electrons. The molecule has 1 aromatic rings. The van der Waals surface area contributed by atoms with Crippen LogP contribution in [0, 0.1) is 18.8 Å². The van der Waals surface area contributed by atoms with Crippen molar-refractivity contribution in [1.29, 1.82) is 0 Å². The van der Waals surface area contributed by atoms with Crippen molar-refractivity contribution in [3.05, 3.63) is 21.9 Å². The van der Waals surface area contributed by atoms with Crippen molar-refractivity contribution in [3.63, 3.8) is 0 Å². The molecule has 2 nitrogen and oxygen atoms in total. The molecule has 1 heterocycles. The molecule has 2 aliphatic carbocycles. The lowest BCUT2D eigenvalue weighted by molar-refractivity contribution is -0.123. The van der Waals surface area contributed by atoms with Gasteiger partial charge in [-0.2, -0.15) is 0 Å². The number of amides is 1. The fourth-order valence-electron chi connectivity index (χ4n) is 3.10. The summed E-state index contributed by atoms with van der Waals surface area (Å²) in [4.78, 5) is 14.9. The molecule has 2 saturated carbocycles. The zero-order chi connectivity index (χ0) is 12.7. The zero-order valence-corrected chi connectivity index (χ0v) is 11.9. The SMILES string of the molecule is Cc1ccc([C@@H]2C[C@@H]2C(=O)N[C@H]2CCC[C@H]2C)s1. The van der Waals surface area contributed by atoms with Gasteiger partial charge in [-0.25, -0.2) is 0 Å². The zero-order valence-electron chi connectivity index (χ0n) is 11.1. The van der Waals surface area contributed by atoms with E-state index in [4.69, 9.17) is 0 Å². The molecule has 1 aromatic heterocycles. The molecular weight excluding hydrogens is 242 g/mol. The Morgan fingerprint density at radius 1 is 1.39 bits per heavy atom. The number of aryl methyl sites for hydroxylation is 1. The second-order valence-electron chi connectivity index (χ2n) is 5.92. The maximum atomic E-state index is 12.2. The van der Waals surface area contributed by atoms with Crippen LogP contribution < -0.4 is 5.32 Å². The first kappa shape index (κ1) is 12.2. The Labute approximate surface area is 113 Å². The Bertz CT molecular complexity index is 453. The van der Waals surface area contributed by atoms with Crippen LogP contribution in [0.3, 0.4) is 0 Å². The van der Waals surface area contributed by atoms with Crippen LogP contribution in [-0.4, -0.2) is 11.9 Å². The van der Waals surface area contributed by atoms with Gasteiger partial charge in [0, 0.05) is 27.6 Å². The fourth-order valence-corrected chi connectivity index (χ4v) is 4.16. The molecule has 4 atom stereocenters. The van der Waals surface area contributed by atoms with Gasteiger partial charge in [-0.05, 0) is 44.2 Å². The molecule has 0 spiro atoms. The Balaban J connectivity index is 1.56. The van der Waals surface area contributed by atoms with Gasteiger partial charge >= 0.3 is 0 Å². The molecule has 1 amide bonds. The summed E-state index contributed by atoms with van der Waals surface area (Å²) in [5.74, 6) is 1.70. The van der Waals surface area contributed by atoms with Gasteiger partial charge < -0.3 is 5.32 Å². The third kappa shape index (κ3) is 2.33. The lowest BCUT2D eigenvalue weighted by atomic mass is 10.1. The van der Waals surface area contributed by atoms with Crippen molar-refractivity contribution in [1.82, 2.24) is 5.32 Å². The van der Waals surface area contributed by atoms with Gasteiger partial charge in [-0.3, -0.25) is 4.79 Å². The first-order valence-electron chi connectivity index (χ1n) is 7.02.